The second-order valence-corrected chi connectivity index (χ2v) is 6.10. The molecule has 0 saturated heterocycles. The quantitative estimate of drug-likeness (QED) is 0.909. The minimum absolute atomic E-state index is 0.0144. The maximum absolute atomic E-state index is 6.01. The van der Waals surface area contributed by atoms with E-state index in [2.05, 4.69) is 61.2 Å². The summed E-state index contributed by atoms with van der Waals surface area (Å²) in [6.45, 7) is 11.4. The van der Waals surface area contributed by atoms with Crippen LogP contribution in [0.4, 0.5) is 5.95 Å². The van der Waals surface area contributed by atoms with Crippen molar-refractivity contribution in [1.82, 2.24) is 9.97 Å². The summed E-state index contributed by atoms with van der Waals surface area (Å²) in [7, 11) is 0. The van der Waals surface area contributed by atoms with Crippen LogP contribution in [-0.2, 0) is 5.41 Å². The van der Waals surface area contributed by atoms with Gasteiger partial charge in [0.1, 0.15) is 5.75 Å². The first-order chi connectivity index (χ1) is 9.90. The first-order valence-corrected chi connectivity index (χ1v) is 7.26. The molecule has 1 aromatic heterocycles. The van der Waals surface area contributed by atoms with Crippen molar-refractivity contribution >= 4 is 5.95 Å². The molecule has 0 bridgehead atoms. The van der Waals surface area contributed by atoms with Crippen LogP contribution in [-0.4, -0.2) is 16.5 Å². The molecule has 21 heavy (non-hydrogen) atoms. The molecule has 0 saturated carbocycles. The Morgan fingerprint density at radius 3 is 2.62 bits per heavy atom. The Balaban J connectivity index is 2.34. The maximum atomic E-state index is 6.01. The van der Waals surface area contributed by atoms with Crippen molar-refractivity contribution < 1.29 is 4.74 Å². The van der Waals surface area contributed by atoms with Crippen LogP contribution in [0.3, 0.4) is 0 Å². The normalized spacial score (nSPS) is 11.3. The van der Waals surface area contributed by atoms with Gasteiger partial charge in [-0.15, -0.1) is 0 Å². The van der Waals surface area contributed by atoms with E-state index in [-0.39, 0.29) is 5.41 Å². The Hall–Kier alpha value is -2.10. The molecule has 0 atom stereocenters. The van der Waals surface area contributed by atoms with Gasteiger partial charge in [-0.2, -0.15) is 4.98 Å². The Labute approximate surface area is 126 Å². The molecule has 4 nitrogen and oxygen atoms in total. The van der Waals surface area contributed by atoms with E-state index in [1.807, 2.05) is 6.92 Å². The smallest absolute Gasteiger partial charge is 0.225 e. The number of rotatable bonds is 4. The molecule has 0 aliphatic carbocycles. The topological polar surface area (TPSA) is 47.0 Å². The highest BCUT2D eigenvalue weighted by Gasteiger charge is 2.19. The molecule has 0 aliphatic heterocycles. The summed E-state index contributed by atoms with van der Waals surface area (Å²) in [5, 5.41) is 3.09. The van der Waals surface area contributed by atoms with Crippen molar-refractivity contribution in [1.29, 1.82) is 0 Å². The zero-order chi connectivity index (χ0) is 15.5. The van der Waals surface area contributed by atoms with Gasteiger partial charge in [-0.25, -0.2) is 4.98 Å². The summed E-state index contributed by atoms with van der Waals surface area (Å²) in [5.41, 5.74) is 2.34. The second-order valence-electron chi connectivity index (χ2n) is 6.10. The molecule has 0 radical (unpaired) electrons. The van der Waals surface area contributed by atoms with E-state index in [9.17, 15) is 0 Å². The van der Waals surface area contributed by atoms with Crippen LogP contribution in [0.1, 0.15) is 38.8 Å². The highest BCUT2D eigenvalue weighted by atomic mass is 16.5. The minimum atomic E-state index is 0.0144. The van der Waals surface area contributed by atoms with Crippen LogP contribution in [0.25, 0.3) is 0 Å². The number of benzene rings is 1. The molecule has 1 N–H and O–H groups in total. The predicted octanol–water partition coefficient (Wildman–Crippen LogP) is 4.31. The number of aryl methyl sites for hydroxylation is 1. The number of ether oxygens (including phenoxy) is 1. The Bertz CT molecular complexity index is 618. The summed E-state index contributed by atoms with van der Waals surface area (Å²) in [6, 6.07) is 8.06. The van der Waals surface area contributed by atoms with Crippen molar-refractivity contribution in [2.75, 3.05) is 11.9 Å². The molecule has 1 aromatic carbocycles. The van der Waals surface area contributed by atoms with Gasteiger partial charge in [0.2, 0.25) is 11.8 Å². The molecule has 0 spiro atoms. The highest BCUT2D eigenvalue weighted by Crippen LogP contribution is 2.34. The Morgan fingerprint density at radius 1 is 1.19 bits per heavy atom. The van der Waals surface area contributed by atoms with Crippen molar-refractivity contribution in [3.63, 3.8) is 0 Å². The third-order valence-corrected chi connectivity index (χ3v) is 3.12. The zero-order valence-electron chi connectivity index (χ0n) is 13.4. The predicted molar refractivity (Wildman–Crippen MR) is 86.1 cm³/mol. The number of hydrogen-bond donors (Lipinski definition) is 1. The van der Waals surface area contributed by atoms with Crippen LogP contribution >= 0.6 is 0 Å². The van der Waals surface area contributed by atoms with Crippen molar-refractivity contribution in [3.05, 3.63) is 41.6 Å². The van der Waals surface area contributed by atoms with Crippen molar-refractivity contribution in [3.8, 4) is 11.6 Å². The molecular formula is C17H23N3O. The molecule has 0 unspecified atom stereocenters. The first-order valence-electron chi connectivity index (χ1n) is 7.26. The van der Waals surface area contributed by atoms with Gasteiger partial charge < -0.3 is 10.1 Å². The zero-order valence-corrected chi connectivity index (χ0v) is 13.4. The van der Waals surface area contributed by atoms with Gasteiger partial charge >= 0.3 is 0 Å². The molecular weight excluding hydrogens is 262 g/mol. The van der Waals surface area contributed by atoms with Gasteiger partial charge in [0.15, 0.2) is 0 Å². The Morgan fingerprint density at radius 2 is 1.95 bits per heavy atom. The second kappa shape index (κ2) is 6.12. The van der Waals surface area contributed by atoms with E-state index >= 15 is 0 Å². The summed E-state index contributed by atoms with van der Waals surface area (Å²) in [6.07, 6.45) is 1.70. The fourth-order valence-corrected chi connectivity index (χ4v) is 2.09. The first kappa shape index (κ1) is 15.3. The molecule has 0 amide bonds. The van der Waals surface area contributed by atoms with Gasteiger partial charge in [-0.3, -0.25) is 0 Å². The average Bonchev–Trinajstić information content (AvgIpc) is 2.38. The maximum Gasteiger partial charge on any atom is 0.225 e. The van der Waals surface area contributed by atoms with Crippen LogP contribution in [0, 0.1) is 6.92 Å². The lowest BCUT2D eigenvalue weighted by Gasteiger charge is -2.22. The lowest BCUT2D eigenvalue weighted by Crippen LogP contribution is -2.13. The summed E-state index contributed by atoms with van der Waals surface area (Å²) in [5.74, 6) is 1.99. The largest absolute Gasteiger partial charge is 0.439 e. The lowest BCUT2D eigenvalue weighted by atomic mass is 9.86. The van der Waals surface area contributed by atoms with Gasteiger partial charge in [0, 0.05) is 24.4 Å². The molecule has 2 rings (SSSR count). The summed E-state index contributed by atoms with van der Waals surface area (Å²) < 4.78 is 6.01. The van der Waals surface area contributed by atoms with E-state index in [0.29, 0.717) is 11.8 Å². The average molecular weight is 285 g/mol. The number of nitrogens with zero attached hydrogens (tertiary/aromatic N) is 2. The van der Waals surface area contributed by atoms with Gasteiger partial charge in [-0.1, -0.05) is 32.9 Å². The molecule has 112 valence electrons. The SMILES string of the molecule is CCNc1nccc(Oc2cc(C)ccc2C(C)(C)C)n1. The third kappa shape index (κ3) is 3.94. The van der Waals surface area contributed by atoms with Crippen molar-refractivity contribution in [2.24, 2.45) is 0 Å². The summed E-state index contributed by atoms with van der Waals surface area (Å²) in [4.78, 5) is 8.52. The van der Waals surface area contributed by atoms with Gasteiger partial charge in [0.05, 0.1) is 0 Å². The number of nitrogens with one attached hydrogen (secondary N) is 1. The third-order valence-electron chi connectivity index (χ3n) is 3.12. The van der Waals surface area contributed by atoms with E-state index < -0.39 is 0 Å². The van der Waals surface area contributed by atoms with E-state index in [0.717, 1.165) is 17.9 Å². The Kier molecular flexibility index (Phi) is 4.46. The van der Waals surface area contributed by atoms with Crippen LogP contribution in [0.15, 0.2) is 30.5 Å². The minimum Gasteiger partial charge on any atom is -0.439 e. The van der Waals surface area contributed by atoms with Gasteiger partial charge in [-0.05, 0) is 30.9 Å². The van der Waals surface area contributed by atoms with E-state index in [4.69, 9.17) is 4.74 Å². The molecule has 4 heteroatoms. The lowest BCUT2D eigenvalue weighted by molar-refractivity contribution is 0.439. The number of anilines is 1. The fraction of sp³-hybridized carbons (Fsp3) is 0.412. The number of aromatic nitrogens is 2. The standard InChI is InChI=1S/C17H23N3O/c1-6-18-16-19-10-9-15(20-16)21-14-11-12(2)7-8-13(14)17(3,4)5/h7-11H,6H2,1-5H3,(H,18,19,20). The van der Waals surface area contributed by atoms with Crippen LogP contribution in [0.5, 0.6) is 11.6 Å². The molecule has 0 aliphatic rings. The fourth-order valence-electron chi connectivity index (χ4n) is 2.09. The van der Waals surface area contributed by atoms with Crippen LogP contribution in [0.2, 0.25) is 0 Å². The molecule has 0 fully saturated rings. The monoisotopic (exact) mass is 285 g/mol. The summed E-state index contributed by atoms with van der Waals surface area (Å²) >= 11 is 0. The number of hydrogen-bond acceptors (Lipinski definition) is 4. The van der Waals surface area contributed by atoms with Crippen LogP contribution < -0.4 is 10.1 Å². The highest BCUT2D eigenvalue weighted by molar-refractivity contribution is 5.43. The molecule has 2 aromatic rings. The van der Waals surface area contributed by atoms with Gasteiger partial charge in [0.25, 0.3) is 0 Å². The van der Waals surface area contributed by atoms with Crippen molar-refractivity contribution in [2.45, 2.75) is 40.0 Å². The van der Waals surface area contributed by atoms with E-state index in [1.165, 1.54) is 5.56 Å². The van der Waals surface area contributed by atoms with E-state index in [1.54, 1.807) is 12.3 Å². The molecule has 1 heterocycles.